The summed E-state index contributed by atoms with van der Waals surface area (Å²) in [6.07, 6.45) is 4.62. The molecule has 3 aromatic carbocycles. The molecule has 0 amide bonds. The highest BCUT2D eigenvalue weighted by atomic mass is 35.7. The Balaban J connectivity index is 0.000000289. The third kappa shape index (κ3) is 21.7. The molecule has 9 aromatic rings. The van der Waals surface area contributed by atoms with Crippen molar-refractivity contribution in [2.75, 3.05) is 68.8 Å². The number of benzene rings is 3. The molecular weight excluding hydrogens is 1440 g/mol. The van der Waals surface area contributed by atoms with Gasteiger partial charge in [0.05, 0.1) is 80.9 Å². The van der Waals surface area contributed by atoms with Crippen molar-refractivity contribution in [2.24, 2.45) is 0 Å². The molecule has 0 aliphatic carbocycles. The standard InChI is InChI=1S/C20H23ClFN5O2S2.C20H25FN6O2S2.C17H16ClFN4S.C3H8ClNO2S.CH4O.H3N/c1-6-27(5)31(28,29)26-13-9-7-8-12(15(13)22)16-17(14-10-11-23-19(21)24-14)30-18(25-16)20(2,3)4;1-6-27(5)31(28,29)26-13-9-7-8-12(15(13)21)16-17(14-10-11-23-19(22)24-14)30-18(25-16)20(2,3)4;1-17(2,3)15-23-13(9-5-4-6-10(20)12(9)19)14(24-15)11-7-8-21-16(18)22-11;1-3-5(2)8(4,6)7;1-2;/h7-11,26H,6H2,1-5H3;7-11,26H,6H2,1-5H3,(H2,22,23,24);4-8H,20H2,1-3H3;3H2,1-2H3;2H,1H3;1H3. The fraction of sp³-hybridized carbons (Fsp3) is 0.361. The van der Waals surface area contributed by atoms with Gasteiger partial charge in [-0.15, -0.1) is 34.0 Å². The van der Waals surface area contributed by atoms with E-state index in [4.69, 9.17) is 60.4 Å². The minimum absolute atomic E-state index is 0. The Morgan fingerprint density at radius 3 is 1.08 bits per heavy atom. The van der Waals surface area contributed by atoms with Crippen molar-refractivity contribution in [3.63, 3.8) is 0 Å². The fourth-order valence-electron chi connectivity index (χ4n) is 7.66. The van der Waals surface area contributed by atoms with Gasteiger partial charge in [-0.2, -0.15) is 38.2 Å². The van der Waals surface area contributed by atoms with E-state index < -0.39 is 47.1 Å². The monoisotopic (exact) mass is 1520 g/mol. The lowest BCUT2D eigenvalue weighted by Gasteiger charge is -2.17. The second kappa shape index (κ2) is 34.4. The summed E-state index contributed by atoms with van der Waals surface area (Å²) in [5, 5.41) is 9.65. The number of nitrogen functional groups attached to an aromatic ring is 2. The Hall–Kier alpha value is -6.70. The van der Waals surface area contributed by atoms with Crippen LogP contribution in [0.15, 0.2) is 91.4 Å². The zero-order chi connectivity index (χ0) is 72.2. The molecule has 0 radical (unpaired) electrons. The number of anilines is 4. The van der Waals surface area contributed by atoms with Gasteiger partial charge >= 0.3 is 20.4 Å². The summed E-state index contributed by atoms with van der Waals surface area (Å²) in [5.41, 5.74) is 14.1. The minimum atomic E-state index is -3.88. The lowest BCUT2D eigenvalue weighted by molar-refractivity contribution is 0.399. The highest BCUT2D eigenvalue weighted by molar-refractivity contribution is 8.11. The average Bonchev–Trinajstić information content (AvgIpc) is 1.64. The van der Waals surface area contributed by atoms with Crippen LogP contribution in [-0.4, -0.2) is 136 Å². The number of thiazole rings is 3. The summed E-state index contributed by atoms with van der Waals surface area (Å²) in [6, 6.07) is 19.0. The molecule has 97 heavy (non-hydrogen) atoms. The van der Waals surface area contributed by atoms with Crippen LogP contribution >= 0.6 is 67.9 Å². The topological polar surface area (TPSA) is 359 Å². The van der Waals surface area contributed by atoms with Crippen LogP contribution in [0.1, 0.15) is 98.1 Å². The normalized spacial score (nSPS) is 11.9. The van der Waals surface area contributed by atoms with Gasteiger partial charge in [0, 0.05) is 110 Å². The lowest BCUT2D eigenvalue weighted by Crippen LogP contribution is -2.32. The van der Waals surface area contributed by atoms with Crippen LogP contribution < -0.4 is 27.1 Å². The van der Waals surface area contributed by atoms with Gasteiger partial charge < -0.3 is 22.7 Å². The van der Waals surface area contributed by atoms with Gasteiger partial charge in [0.2, 0.25) is 16.5 Å². The summed E-state index contributed by atoms with van der Waals surface area (Å²) < 4.78 is 123. The molecule has 0 spiro atoms. The van der Waals surface area contributed by atoms with Gasteiger partial charge in [0.1, 0.15) is 0 Å². The number of rotatable bonds is 16. The van der Waals surface area contributed by atoms with E-state index in [0.717, 1.165) is 39.9 Å². The largest absolute Gasteiger partial charge is 0.400 e. The molecule has 24 nitrogen and oxygen atoms in total. The van der Waals surface area contributed by atoms with Gasteiger partial charge in [-0.1, -0.05) is 101 Å². The van der Waals surface area contributed by atoms with E-state index in [1.54, 1.807) is 81.6 Å². The second-order valence-corrected chi connectivity index (χ2v) is 33.3. The number of aliphatic hydroxyl groups excluding tert-OH is 1. The first-order chi connectivity index (χ1) is 44.6. The Kier molecular flexibility index (Phi) is 29.3. The maximum Gasteiger partial charge on any atom is 0.301 e. The highest BCUT2D eigenvalue weighted by Crippen LogP contribution is 2.45. The number of halogens is 6. The predicted octanol–water partition coefficient (Wildman–Crippen LogP) is 14.0. The summed E-state index contributed by atoms with van der Waals surface area (Å²) in [6.45, 7) is 24.2. The molecule has 0 saturated heterocycles. The van der Waals surface area contributed by atoms with Crippen molar-refractivity contribution >= 4 is 121 Å². The van der Waals surface area contributed by atoms with E-state index in [1.807, 2.05) is 41.5 Å². The van der Waals surface area contributed by atoms with E-state index in [2.05, 4.69) is 65.1 Å². The van der Waals surface area contributed by atoms with Crippen LogP contribution in [0.4, 0.5) is 36.2 Å². The summed E-state index contributed by atoms with van der Waals surface area (Å²) >= 11 is 16.1. The first kappa shape index (κ1) is 82.7. The molecule has 0 atom stereocenters. The van der Waals surface area contributed by atoms with Crippen LogP contribution in [0, 0.1) is 17.5 Å². The Bertz CT molecular complexity index is 4330. The van der Waals surface area contributed by atoms with E-state index in [0.29, 0.717) is 56.0 Å². The highest BCUT2D eigenvalue weighted by Gasteiger charge is 2.31. The van der Waals surface area contributed by atoms with E-state index in [-0.39, 0.29) is 80.2 Å². The van der Waals surface area contributed by atoms with Crippen LogP contribution in [0.25, 0.3) is 65.5 Å². The van der Waals surface area contributed by atoms with Crippen molar-refractivity contribution in [2.45, 2.75) is 99.3 Å². The van der Waals surface area contributed by atoms with Crippen LogP contribution in [-0.2, 0) is 45.9 Å². The van der Waals surface area contributed by atoms with Crippen molar-refractivity contribution in [1.82, 2.24) is 63.9 Å². The Morgan fingerprint density at radius 2 is 0.794 bits per heavy atom. The number of aliphatic hydroxyl groups is 1. The number of hydrogen-bond donors (Lipinski definition) is 6. The summed E-state index contributed by atoms with van der Waals surface area (Å²) in [4.78, 5) is 40.6. The molecule has 10 N–H and O–H groups in total. The lowest BCUT2D eigenvalue weighted by atomic mass is 9.98. The number of nitrogens with two attached hydrogens (primary N) is 2. The molecule has 0 saturated carbocycles. The molecule has 36 heteroatoms. The Labute approximate surface area is 591 Å². The maximum absolute atomic E-state index is 15.5. The van der Waals surface area contributed by atoms with E-state index in [9.17, 15) is 29.6 Å². The fourth-order valence-corrected chi connectivity index (χ4v) is 13.7. The molecule has 9 rings (SSSR count). The number of nitrogens with zero attached hydrogens (tertiary/aromatic N) is 12. The van der Waals surface area contributed by atoms with Crippen molar-refractivity contribution < 1.29 is 43.5 Å². The molecule has 0 fully saturated rings. The predicted molar refractivity (Wildman–Crippen MR) is 388 cm³/mol. The molecule has 6 heterocycles. The van der Waals surface area contributed by atoms with Crippen LogP contribution in [0.5, 0.6) is 0 Å². The van der Waals surface area contributed by atoms with Gasteiger partial charge in [-0.3, -0.25) is 9.44 Å². The second-order valence-electron chi connectivity index (χ2n) is 23.5. The molecular formula is C61H79Cl3F3N17O7S6. The molecule has 0 aliphatic heterocycles. The van der Waals surface area contributed by atoms with Crippen molar-refractivity contribution in [3.05, 3.63) is 134 Å². The van der Waals surface area contributed by atoms with Crippen LogP contribution in [0.3, 0.4) is 0 Å². The molecule has 0 aliphatic rings. The first-order valence-electron chi connectivity index (χ1n) is 28.9. The molecule has 528 valence electrons. The minimum Gasteiger partial charge on any atom is -0.400 e. The quantitative estimate of drug-likeness (QED) is 0.0297. The smallest absolute Gasteiger partial charge is 0.301 e. The third-order valence-electron chi connectivity index (χ3n) is 13.2. The van der Waals surface area contributed by atoms with Crippen LogP contribution in [0.2, 0.25) is 10.6 Å². The van der Waals surface area contributed by atoms with Crippen molar-refractivity contribution in [1.29, 1.82) is 0 Å². The van der Waals surface area contributed by atoms with Gasteiger partial charge in [-0.25, -0.2) is 58.0 Å². The van der Waals surface area contributed by atoms with Gasteiger partial charge in [0.25, 0.3) is 9.24 Å². The number of nitrogens with one attached hydrogen (secondary N) is 2. The number of aromatic nitrogens is 9. The van der Waals surface area contributed by atoms with Gasteiger partial charge in [0.15, 0.2) is 17.5 Å². The van der Waals surface area contributed by atoms with E-state index in [1.165, 1.54) is 85.7 Å². The zero-order valence-corrected chi connectivity index (χ0v) is 63.3. The molecule has 0 bridgehead atoms. The number of hydrogen-bond acceptors (Lipinski definition) is 22. The summed E-state index contributed by atoms with van der Waals surface area (Å²) in [7, 11) is -1.08. The first-order valence-corrected chi connectivity index (χ1v) is 37.3. The third-order valence-corrected chi connectivity index (χ3v) is 22.9. The summed E-state index contributed by atoms with van der Waals surface area (Å²) in [5.74, 6) is -1.82. The maximum atomic E-state index is 15.5. The molecule has 0 unspecified atom stereocenters. The average molecular weight is 1520 g/mol. The zero-order valence-electron chi connectivity index (χ0n) is 56.1. The van der Waals surface area contributed by atoms with E-state index >= 15 is 8.78 Å². The van der Waals surface area contributed by atoms with Gasteiger partial charge in [-0.05, 0) is 77.8 Å². The molecule has 6 aromatic heterocycles. The van der Waals surface area contributed by atoms with Crippen molar-refractivity contribution in [3.8, 4) is 65.5 Å². The Morgan fingerprint density at radius 1 is 0.485 bits per heavy atom. The SMILES string of the molecule is CC(C)(C)c1nc(-c2cccc(N)c2F)c(-c2ccnc(Cl)n2)s1.CCN(C)S(=O)(=O)Cl.CCN(C)S(=O)(=O)Nc1cccc(-c2nc(C(C)(C)C)sc2-c2ccnc(Cl)n2)c1F.CCN(C)S(=O)(=O)Nc1cccc(-c2nc(C(C)(C)C)sc2-c2ccnc(N)n2)c1F.CO.N.